The molecule has 0 unspecified atom stereocenters. The van der Waals surface area contributed by atoms with Gasteiger partial charge in [0.25, 0.3) is 0 Å². The number of hydrogen-bond donors (Lipinski definition) is 1. The van der Waals surface area contributed by atoms with Crippen molar-refractivity contribution in [3.05, 3.63) is 28.7 Å². The molecule has 0 aliphatic heterocycles. The Balaban J connectivity index is 0.000000371. The number of para-hydroxylation sites is 1. The molecule has 0 radical (unpaired) electrons. The Hall–Kier alpha value is -0.500. The van der Waals surface area contributed by atoms with Crippen LogP contribution < -0.4 is 0 Å². The minimum Gasteiger partial charge on any atom is -0.507 e. The van der Waals surface area contributed by atoms with E-state index in [0.717, 1.165) is 4.47 Å². The normalized spacial score (nSPS) is 7.90. The van der Waals surface area contributed by atoms with Gasteiger partial charge in [-0.15, -0.1) is 0 Å². The fourth-order valence-electron chi connectivity index (χ4n) is 0.452. The van der Waals surface area contributed by atoms with Gasteiger partial charge in [-0.05, 0) is 28.1 Å². The maximum absolute atomic E-state index is 8.87. The van der Waals surface area contributed by atoms with Crippen molar-refractivity contribution in [3.8, 4) is 5.75 Å². The Kier molecular flexibility index (Phi) is 5.03. The molecule has 1 aromatic rings. The average molecular weight is 203 g/mol. The lowest BCUT2D eigenvalue weighted by Gasteiger charge is -1.90. The summed E-state index contributed by atoms with van der Waals surface area (Å²) in [6, 6.07) is 7.04. The molecule has 1 aromatic carbocycles. The van der Waals surface area contributed by atoms with Crippen molar-refractivity contribution in [2.24, 2.45) is 0 Å². The van der Waals surface area contributed by atoms with E-state index in [4.69, 9.17) is 5.11 Å². The largest absolute Gasteiger partial charge is 0.507 e. The van der Waals surface area contributed by atoms with E-state index in [9.17, 15) is 0 Å². The molecule has 10 heavy (non-hydrogen) atoms. The summed E-state index contributed by atoms with van der Waals surface area (Å²) in [5, 5.41) is 8.87. The average Bonchev–Trinajstić information content (AvgIpc) is 2.00. The molecule has 0 amide bonds. The van der Waals surface area contributed by atoms with E-state index in [0.29, 0.717) is 0 Å². The number of halogens is 1. The number of rotatable bonds is 0. The van der Waals surface area contributed by atoms with Gasteiger partial charge in [-0.25, -0.2) is 0 Å². The number of phenols is 1. The zero-order valence-electron chi connectivity index (χ0n) is 6.13. The van der Waals surface area contributed by atoms with Crippen molar-refractivity contribution in [1.29, 1.82) is 0 Å². The second-order valence-electron chi connectivity index (χ2n) is 1.45. The molecule has 1 nitrogen and oxygen atoms in total. The first-order valence-electron chi connectivity index (χ1n) is 3.24. The number of hydrogen-bond acceptors (Lipinski definition) is 1. The third kappa shape index (κ3) is 2.87. The highest BCUT2D eigenvalue weighted by Crippen LogP contribution is 2.21. The number of benzene rings is 1. The third-order valence-electron chi connectivity index (χ3n) is 0.852. The number of aromatic hydroxyl groups is 1. The van der Waals surface area contributed by atoms with Gasteiger partial charge in [0.05, 0.1) is 4.47 Å². The highest BCUT2D eigenvalue weighted by atomic mass is 79.9. The van der Waals surface area contributed by atoms with Crippen molar-refractivity contribution in [1.82, 2.24) is 0 Å². The fraction of sp³-hybridized carbons (Fsp3) is 0.250. The molecule has 0 aliphatic carbocycles. The van der Waals surface area contributed by atoms with Gasteiger partial charge in [0.1, 0.15) is 5.75 Å². The topological polar surface area (TPSA) is 20.2 Å². The van der Waals surface area contributed by atoms with Gasteiger partial charge in [-0.3, -0.25) is 0 Å². The monoisotopic (exact) mass is 202 g/mol. The van der Waals surface area contributed by atoms with Gasteiger partial charge in [-0.1, -0.05) is 26.0 Å². The molecule has 0 saturated heterocycles. The van der Waals surface area contributed by atoms with Crippen molar-refractivity contribution in [2.45, 2.75) is 13.8 Å². The summed E-state index contributed by atoms with van der Waals surface area (Å²) in [4.78, 5) is 0. The van der Waals surface area contributed by atoms with E-state index >= 15 is 0 Å². The quantitative estimate of drug-likeness (QED) is 0.686. The van der Waals surface area contributed by atoms with Crippen LogP contribution in [0.25, 0.3) is 0 Å². The van der Waals surface area contributed by atoms with Crippen LogP contribution in [0.4, 0.5) is 0 Å². The Labute approximate surface area is 69.8 Å². The summed E-state index contributed by atoms with van der Waals surface area (Å²) >= 11 is 3.15. The Bertz CT molecular complexity index is 165. The molecule has 0 atom stereocenters. The molecule has 0 aromatic heterocycles. The van der Waals surface area contributed by atoms with Crippen LogP contribution in [0.3, 0.4) is 0 Å². The zero-order chi connectivity index (χ0) is 7.98. The molecule has 2 heteroatoms. The summed E-state index contributed by atoms with van der Waals surface area (Å²) < 4.78 is 0.736. The maximum atomic E-state index is 8.87. The maximum Gasteiger partial charge on any atom is 0.129 e. The molecule has 0 fully saturated rings. The van der Waals surface area contributed by atoms with Crippen molar-refractivity contribution in [2.75, 3.05) is 0 Å². The van der Waals surface area contributed by atoms with E-state index in [-0.39, 0.29) is 5.75 Å². The van der Waals surface area contributed by atoms with Gasteiger partial charge in [0.15, 0.2) is 0 Å². The van der Waals surface area contributed by atoms with Gasteiger partial charge >= 0.3 is 0 Å². The first-order valence-corrected chi connectivity index (χ1v) is 4.03. The molecule has 0 heterocycles. The van der Waals surface area contributed by atoms with E-state index in [1.807, 2.05) is 19.9 Å². The smallest absolute Gasteiger partial charge is 0.129 e. The lowest BCUT2D eigenvalue weighted by atomic mass is 10.3. The second-order valence-corrected chi connectivity index (χ2v) is 2.31. The third-order valence-corrected chi connectivity index (χ3v) is 1.52. The van der Waals surface area contributed by atoms with Crippen LogP contribution in [0, 0.1) is 0 Å². The lowest BCUT2D eigenvalue weighted by Crippen LogP contribution is -1.63. The first kappa shape index (κ1) is 9.50. The molecule has 1 N–H and O–H groups in total. The Morgan fingerprint density at radius 2 is 1.70 bits per heavy atom. The van der Waals surface area contributed by atoms with Crippen LogP contribution in [-0.2, 0) is 0 Å². The Morgan fingerprint density at radius 3 is 2.00 bits per heavy atom. The van der Waals surface area contributed by atoms with Crippen LogP contribution in [0.15, 0.2) is 28.7 Å². The second kappa shape index (κ2) is 5.30. The van der Waals surface area contributed by atoms with E-state index < -0.39 is 0 Å². The molecule has 56 valence electrons. The van der Waals surface area contributed by atoms with Crippen LogP contribution in [0.1, 0.15) is 13.8 Å². The summed E-state index contributed by atoms with van der Waals surface area (Å²) in [6.45, 7) is 4.00. The summed E-state index contributed by atoms with van der Waals surface area (Å²) in [5.41, 5.74) is 0. The van der Waals surface area contributed by atoms with Crippen molar-refractivity contribution >= 4 is 15.9 Å². The fourth-order valence-corrected chi connectivity index (χ4v) is 0.737. The van der Waals surface area contributed by atoms with Gasteiger partial charge in [-0.2, -0.15) is 0 Å². The predicted octanol–water partition coefficient (Wildman–Crippen LogP) is 3.18. The summed E-state index contributed by atoms with van der Waals surface area (Å²) in [5.74, 6) is 0.285. The SMILES string of the molecule is CC.Oc1ccccc1Br. The van der Waals surface area contributed by atoms with Crippen molar-refractivity contribution in [3.63, 3.8) is 0 Å². The van der Waals surface area contributed by atoms with E-state index in [2.05, 4.69) is 15.9 Å². The van der Waals surface area contributed by atoms with Crippen LogP contribution in [-0.4, -0.2) is 5.11 Å². The molecule has 0 spiro atoms. The molecular formula is C8H11BrO. The van der Waals surface area contributed by atoms with Crippen LogP contribution in [0.5, 0.6) is 5.75 Å². The summed E-state index contributed by atoms with van der Waals surface area (Å²) in [7, 11) is 0. The summed E-state index contributed by atoms with van der Waals surface area (Å²) in [6.07, 6.45) is 0. The lowest BCUT2D eigenvalue weighted by molar-refractivity contribution is 0.472. The first-order chi connectivity index (χ1) is 4.80. The number of phenolic OH excluding ortho intramolecular Hbond substituents is 1. The standard InChI is InChI=1S/C6H5BrO.C2H6/c7-5-3-1-2-4-6(5)8;1-2/h1-4,8H;1-2H3. The minimum absolute atomic E-state index is 0.285. The Morgan fingerprint density at radius 1 is 1.20 bits per heavy atom. The van der Waals surface area contributed by atoms with E-state index in [1.165, 1.54) is 0 Å². The highest BCUT2D eigenvalue weighted by molar-refractivity contribution is 9.10. The molecule has 0 saturated carbocycles. The molecule has 1 rings (SSSR count). The highest BCUT2D eigenvalue weighted by Gasteiger charge is 1.89. The van der Waals surface area contributed by atoms with Crippen LogP contribution in [0.2, 0.25) is 0 Å². The van der Waals surface area contributed by atoms with E-state index in [1.54, 1.807) is 18.2 Å². The zero-order valence-corrected chi connectivity index (χ0v) is 7.72. The van der Waals surface area contributed by atoms with Crippen molar-refractivity contribution < 1.29 is 5.11 Å². The van der Waals surface area contributed by atoms with Gasteiger partial charge < -0.3 is 5.11 Å². The minimum atomic E-state index is 0.285. The van der Waals surface area contributed by atoms with Gasteiger partial charge in [0, 0.05) is 0 Å². The van der Waals surface area contributed by atoms with Crippen LogP contribution >= 0.6 is 15.9 Å². The molecule has 0 bridgehead atoms. The van der Waals surface area contributed by atoms with Gasteiger partial charge in [0.2, 0.25) is 0 Å². The molecular weight excluding hydrogens is 192 g/mol. The predicted molar refractivity (Wildman–Crippen MR) is 47.2 cm³/mol. The molecule has 0 aliphatic rings.